The fourth-order valence-electron chi connectivity index (χ4n) is 5.23. The number of rotatable bonds is 7. The van der Waals surface area contributed by atoms with E-state index < -0.39 is 5.41 Å². The molecule has 0 bridgehead atoms. The van der Waals surface area contributed by atoms with E-state index in [1.165, 1.54) is 18.9 Å². The summed E-state index contributed by atoms with van der Waals surface area (Å²) in [6, 6.07) is 8.73. The molecule has 2 N–H and O–H groups in total. The first-order valence-electron chi connectivity index (χ1n) is 11.9. The summed E-state index contributed by atoms with van der Waals surface area (Å²) in [5.41, 5.74) is 2.56. The van der Waals surface area contributed by atoms with Crippen LogP contribution in [0.1, 0.15) is 41.8 Å². The van der Waals surface area contributed by atoms with E-state index in [9.17, 15) is 9.18 Å². The third kappa shape index (κ3) is 3.94. The highest BCUT2D eigenvalue weighted by atomic mass is 19.1. The lowest BCUT2D eigenvalue weighted by Crippen LogP contribution is -2.52. The van der Waals surface area contributed by atoms with Gasteiger partial charge in [-0.1, -0.05) is 18.2 Å². The second-order valence-corrected chi connectivity index (χ2v) is 9.77. The van der Waals surface area contributed by atoms with Crippen molar-refractivity contribution in [3.63, 3.8) is 0 Å². The van der Waals surface area contributed by atoms with Gasteiger partial charge in [0.05, 0.1) is 17.9 Å². The Bertz CT molecular complexity index is 1200. The van der Waals surface area contributed by atoms with Gasteiger partial charge in [0.2, 0.25) is 11.9 Å². The molecule has 1 atom stereocenters. The van der Waals surface area contributed by atoms with Crippen molar-refractivity contribution in [2.45, 2.75) is 44.3 Å². The van der Waals surface area contributed by atoms with Crippen LogP contribution in [-0.4, -0.2) is 55.5 Å². The van der Waals surface area contributed by atoms with Crippen LogP contribution < -0.4 is 5.32 Å². The molecule has 3 aromatic rings. The van der Waals surface area contributed by atoms with Gasteiger partial charge in [-0.3, -0.25) is 14.8 Å². The molecule has 1 aromatic carbocycles. The standard InChI is InChI=1S/C25H28FN7O/c26-21-4-2-1-3-18(21)13-32-10-8-25(16-32)22-19(12-28-24(30-22)27-11-17-5-6-17)14-33(23(25)34)15-20-7-9-29-31-20/h1-4,7,9,12,17H,5-6,8,10-11,13-16H2,(H,29,31)(H,27,28,30). The van der Waals surface area contributed by atoms with E-state index >= 15 is 0 Å². The van der Waals surface area contributed by atoms with Gasteiger partial charge in [-0.15, -0.1) is 0 Å². The molecule has 1 saturated heterocycles. The van der Waals surface area contributed by atoms with Crippen LogP contribution in [0.15, 0.2) is 42.7 Å². The number of amides is 1. The number of nitrogens with zero attached hydrogens (tertiary/aromatic N) is 5. The third-order valence-corrected chi connectivity index (χ3v) is 7.24. The summed E-state index contributed by atoms with van der Waals surface area (Å²) in [6.45, 7) is 3.46. The normalized spacial score (nSPS) is 22.4. The van der Waals surface area contributed by atoms with Crippen LogP contribution in [0.25, 0.3) is 0 Å². The maximum Gasteiger partial charge on any atom is 0.236 e. The van der Waals surface area contributed by atoms with Gasteiger partial charge in [0.1, 0.15) is 11.2 Å². The SMILES string of the molecule is O=C1N(Cc2ccn[nH]2)Cc2cnc(NCC3CC3)nc2C12CCN(Cc1ccccc1F)C2. The fourth-order valence-corrected chi connectivity index (χ4v) is 5.23. The van der Waals surface area contributed by atoms with Crippen LogP contribution in [0.2, 0.25) is 0 Å². The minimum absolute atomic E-state index is 0.0671. The van der Waals surface area contributed by atoms with Crippen LogP contribution in [0.3, 0.4) is 0 Å². The molecule has 1 saturated carbocycles. The first kappa shape index (κ1) is 21.2. The highest BCUT2D eigenvalue weighted by Gasteiger charge is 2.53. The largest absolute Gasteiger partial charge is 0.354 e. The molecule has 176 valence electrons. The molecule has 2 aromatic heterocycles. The van der Waals surface area contributed by atoms with Crippen molar-refractivity contribution in [1.29, 1.82) is 0 Å². The molecular weight excluding hydrogens is 433 g/mol. The molecule has 1 unspecified atom stereocenters. The van der Waals surface area contributed by atoms with Gasteiger partial charge >= 0.3 is 0 Å². The van der Waals surface area contributed by atoms with Crippen molar-refractivity contribution in [1.82, 2.24) is 30.0 Å². The minimum atomic E-state index is -0.766. The Morgan fingerprint density at radius 2 is 2.09 bits per heavy atom. The van der Waals surface area contributed by atoms with Crippen molar-refractivity contribution in [3.8, 4) is 0 Å². The molecule has 1 aliphatic carbocycles. The topological polar surface area (TPSA) is 90.0 Å². The summed E-state index contributed by atoms with van der Waals surface area (Å²) in [5.74, 6) is 1.14. The average Bonchev–Trinajstić information content (AvgIpc) is 3.35. The van der Waals surface area contributed by atoms with Crippen molar-refractivity contribution in [2.24, 2.45) is 5.92 Å². The Morgan fingerprint density at radius 3 is 2.88 bits per heavy atom. The monoisotopic (exact) mass is 461 g/mol. The van der Waals surface area contributed by atoms with Crippen molar-refractivity contribution >= 4 is 11.9 Å². The number of carbonyl (C=O) groups excluding carboxylic acids is 1. The molecule has 8 nitrogen and oxygen atoms in total. The van der Waals surface area contributed by atoms with Gasteiger partial charge < -0.3 is 10.2 Å². The number of aromatic amines is 1. The lowest BCUT2D eigenvalue weighted by molar-refractivity contribution is -0.140. The van der Waals surface area contributed by atoms with E-state index in [-0.39, 0.29) is 11.7 Å². The van der Waals surface area contributed by atoms with Crippen LogP contribution >= 0.6 is 0 Å². The number of carbonyl (C=O) groups is 1. The van der Waals surface area contributed by atoms with Gasteiger partial charge in [-0.25, -0.2) is 14.4 Å². The summed E-state index contributed by atoms with van der Waals surface area (Å²) >= 11 is 0. The quantitative estimate of drug-likeness (QED) is 0.563. The number of hydrogen-bond donors (Lipinski definition) is 2. The van der Waals surface area contributed by atoms with Gasteiger partial charge in [-0.2, -0.15) is 5.10 Å². The number of aromatic nitrogens is 4. The highest BCUT2D eigenvalue weighted by Crippen LogP contribution is 2.42. The summed E-state index contributed by atoms with van der Waals surface area (Å²) in [7, 11) is 0. The van der Waals surface area contributed by atoms with Crippen molar-refractivity contribution in [2.75, 3.05) is 25.0 Å². The van der Waals surface area contributed by atoms with E-state index in [2.05, 4.69) is 25.4 Å². The fraction of sp³-hybridized carbons (Fsp3) is 0.440. The zero-order valence-corrected chi connectivity index (χ0v) is 19.0. The van der Waals surface area contributed by atoms with Crippen LogP contribution in [0, 0.1) is 11.7 Å². The van der Waals surface area contributed by atoms with Gasteiger partial charge in [0.15, 0.2) is 0 Å². The summed E-state index contributed by atoms with van der Waals surface area (Å²) < 4.78 is 14.3. The zero-order valence-electron chi connectivity index (χ0n) is 19.0. The van der Waals surface area contributed by atoms with Gasteiger partial charge in [0, 0.05) is 56.2 Å². The Balaban J connectivity index is 1.32. The van der Waals surface area contributed by atoms with E-state index in [1.807, 2.05) is 29.3 Å². The Morgan fingerprint density at radius 1 is 1.21 bits per heavy atom. The number of fused-ring (bicyclic) bond motifs is 2. The predicted octanol–water partition coefficient (Wildman–Crippen LogP) is 2.85. The lowest BCUT2D eigenvalue weighted by atomic mass is 9.77. The molecular formula is C25H28FN7O. The minimum Gasteiger partial charge on any atom is -0.354 e. The summed E-state index contributed by atoms with van der Waals surface area (Å²) in [5, 5.41) is 10.3. The third-order valence-electron chi connectivity index (χ3n) is 7.24. The maximum absolute atomic E-state index is 14.3. The molecule has 34 heavy (non-hydrogen) atoms. The number of H-pyrrole nitrogens is 1. The predicted molar refractivity (Wildman–Crippen MR) is 124 cm³/mol. The van der Waals surface area contributed by atoms with Crippen LogP contribution in [-0.2, 0) is 29.8 Å². The molecule has 0 radical (unpaired) electrons. The lowest BCUT2D eigenvalue weighted by Gasteiger charge is -2.40. The summed E-state index contributed by atoms with van der Waals surface area (Å²) in [6.07, 6.45) is 6.69. The molecule has 1 spiro atoms. The molecule has 3 aliphatic rings. The molecule has 6 rings (SSSR count). The number of halogens is 1. The number of anilines is 1. The second kappa shape index (κ2) is 8.47. The molecule has 2 aliphatic heterocycles. The average molecular weight is 462 g/mol. The Hall–Kier alpha value is -3.33. The first-order chi connectivity index (χ1) is 16.6. The van der Waals surface area contributed by atoms with E-state index in [0.717, 1.165) is 23.5 Å². The molecule has 9 heteroatoms. The first-order valence-corrected chi connectivity index (χ1v) is 11.9. The number of hydrogen-bond acceptors (Lipinski definition) is 6. The van der Waals surface area contributed by atoms with Crippen LogP contribution in [0.4, 0.5) is 10.3 Å². The van der Waals surface area contributed by atoms with E-state index in [1.54, 1.807) is 12.3 Å². The maximum atomic E-state index is 14.3. The Labute approximate surface area is 197 Å². The van der Waals surface area contributed by atoms with Crippen LogP contribution in [0.5, 0.6) is 0 Å². The number of likely N-dealkylation sites (tertiary alicyclic amines) is 1. The zero-order chi connectivity index (χ0) is 23.1. The van der Waals surface area contributed by atoms with E-state index in [0.29, 0.717) is 56.6 Å². The Kier molecular flexibility index (Phi) is 5.28. The second-order valence-electron chi connectivity index (χ2n) is 9.77. The molecule has 2 fully saturated rings. The molecule has 1 amide bonds. The van der Waals surface area contributed by atoms with Crippen molar-refractivity contribution in [3.05, 3.63) is 71.1 Å². The number of benzene rings is 1. The molecule has 4 heterocycles. The van der Waals surface area contributed by atoms with Gasteiger partial charge in [-0.05, 0) is 37.3 Å². The number of nitrogens with one attached hydrogen (secondary N) is 2. The smallest absolute Gasteiger partial charge is 0.236 e. The highest BCUT2D eigenvalue weighted by molar-refractivity contribution is 5.90. The summed E-state index contributed by atoms with van der Waals surface area (Å²) in [4.78, 5) is 27.5. The van der Waals surface area contributed by atoms with Gasteiger partial charge in [0.25, 0.3) is 0 Å². The van der Waals surface area contributed by atoms with E-state index in [4.69, 9.17) is 4.98 Å². The van der Waals surface area contributed by atoms with Crippen molar-refractivity contribution < 1.29 is 9.18 Å².